The molecule has 6 heterocycles. The number of aryl methyl sites for hydroxylation is 1. The van der Waals surface area contributed by atoms with Crippen LogP contribution in [-0.2, 0) is 43.8 Å². The number of esters is 2. The van der Waals surface area contributed by atoms with Gasteiger partial charge in [-0.1, -0.05) is 18.3 Å². The smallest absolute Gasteiger partial charge is 0.333 e. The number of phenolic OH excluding ortho intramolecular Hbond substituents is 1. The van der Waals surface area contributed by atoms with Crippen molar-refractivity contribution in [2.75, 3.05) is 47.5 Å². The quantitative estimate of drug-likeness (QED) is 0.0623. The zero-order chi connectivity index (χ0) is 41.7. The molecule has 4 aromatic rings. The van der Waals surface area contributed by atoms with Gasteiger partial charge in [-0.2, -0.15) is 0 Å². The number of nitrogens with one attached hydrogen (secondary N) is 2. The molecule has 1 aromatic heterocycles. The van der Waals surface area contributed by atoms with E-state index in [1.54, 1.807) is 14.2 Å². The predicted octanol–water partition coefficient (Wildman–Crippen LogP) is 5.44. The normalized spacial score (nSPS) is 26.0. The van der Waals surface area contributed by atoms with E-state index in [4.69, 9.17) is 32.9 Å². The Labute approximate surface area is 352 Å². The van der Waals surface area contributed by atoms with Crippen molar-refractivity contribution in [3.63, 3.8) is 0 Å². The SMILES string of the molecule is COC(=O)[C@]1(CS[C@@H]2c3c(c4c(c(C)c3OC(C)=O)OCO4)CN3C2[C@H]2c4c(cc(C)c(OC)c4O)C[C@@H](C3OP(O)S)N2C)NCCc2c1[nH]c1ccc(OC)cc21. The number of piperazine rings is 1. The third kappa shape index (κ3) is 6.18. The van der Waals surface area contributed by atoms with Gasteiger partial charge in [0.05, 0.1) is 44.4 Å². The van der Waals surface area contributed by atoms with Crippen molar-refractivity contribution in [3.05, 3.63) is 68.9 Å². The van der Waals surface area contributed by atoms with Crippen molar-refractivity contribution in [2.24, 2.45) is 0 Å². The largest absolute Gasteiger partial charge is 0.504 e. The number of hydrogen-bond donors (Lipinski definition) is 5. The monoisotopic (exact) mass is 866 g/mol. The van der Waals surface area contributed by atoms with Gasteiger partial charge in [0, 0.05) is 65.0 Å². The Morgan fingerprint density at radius 1 is 1.08 bits per heavy atom. The number of methoxy groups -OCH3 is 3. The van der Waals surface area contributed by atoms with Crippen molar-refractivity contribution in [3.8, 4) is 34.5 Å². The number of ether oxygens (including phenoxy) is 6. The Balaban J connectivity index is 1.28. The van der Waals surface area contributed by atoms with Crippen LogP contribution < -0.4 is 29.0 Å². The van der Waals surface area contributed by atoms with Crippen molar-refractivity contribution in [2.45, 2.75) is 75.3 Å². The van der Waals surface area contributed by atoms with Gasteiger partial charge >= 0.3 is 11.9 Å². The molecule has 9 rings (SSSR count). The highest BCUT2D eigenvalue weighted by Crippen LogP contribution is 2.62. The maximum atomic E-state index is 14.4. The number of carbonyl (C=O) groups excluding carboxylic acids is 2. The number of nitrogens with zero attached hydrogens (tertiary/aromatic N) is 2. The topological polar surface area (TPSA) is 174 Å². The Hall–Kier alpha value is -3.93. The molecule has 1 fully saturated rings. The predicted molar refractivity (Wildman–Crippen MR) is 224 cm³/mol. The molecule has 18 heteroatoms. The molecule has 3 aromatic carbocycles. The zero-order valence-corrected chi connectivity index (χ0v) is 36.3. The summed E-state index contributed by atoms with van der Waals surface area (Å²) < 4.78 is 41.8. The number of aromatic amines is 1. The van der Waals surface area contributed by atoms with Crippen LogP contribution in [0.3, 0.4) is 0 Å². The second-order valence-electron chi connectivity index (χ2n) is 15.6. The highest BCUT2D eigenvalue weighted by Gasteiger charge is 2.59. The Kier molecular flexibility index (Phi) is 10.4. The maximum absolute atomic E-state index is 14.4. The lowest BCUT2D eigenvalue weighted by Crippen LogP contribution is -2.68. The lowest BCUT2D eigenvalue weighted by molar-refractivity contribution is -0.148. The van der Waals surface area contributed by atoms with Crippen molar-refractivity contribution in [1.82, 2.24) is 20.1 Å². The number of rotatable bonds is 9. The second-order valence-corrected chi connectivity index (χ2v) is 18.5. The van der Waals surface area contributed by atoms with Crippen molar-refractivity contribution >= 4 is 54.4 Å². The minimum Gasteiger partial charge on any atom is -0.504 e. The minimum absolute atomic E-state index is 0.0242. The molecule has 5 aliphatic rings. The molecule has 0 spiro atoms. The van der Waals surface area contributed by atoms with E-state index in [9.17, 15) is 19.6 Å². The average molecular weight is 867 g/mol. The van der Waals surface area contributed by atoms with E-state index >= 15 is 0 Å². The summed E-state index contributed by atoms with van der Waals surface area (Å²) in [4.78, 5) is 46.2. The van der Waals surface area contributed by atoms with Gasteiger partial charge in [-0.3, -0.25) is 19.9 Å². The summed E-state index contributed by atoms with van der Waals surface area (Å²) in [6.07, 6.45) is 0.480. The molecule has 7 atom stereocenters. The van der Waals surface area contributed by atoms with E-state index < -0.39 is 48.6 Å². The molecule has 0 saturated carbocycles. The molecule has 3 unspecified atom stereocenters. The van der Waals surface area contributed by atoms with Crippen molar-refractivity contribution in [1.29, 1.82) is 0 Å². The lowest BCUT2D eigenvalue weighted by atomic mass is 9.74. The fourth-order valence-electron chi connectivity index (χ4n) is 10.3. The van der Waals surface area contributed by atoms with Crippen LogP contribution in [0.2, 0.25) is 0 Å². The summed E-state index contributed by atoms with van der Waals surface area (Å²) >= 11 is 5.88. The van der Waals surface area contributed by atoms with Gasteiger partial charge < -0.3 is 47.9 Å². The van der Waals surface area contributed by atoms with Crippen LogP contribution in [0.15, 0.2) is 24.3 Å². The zero-order valence-electron chi connectivity index (χ0n) is 33.7. The van der Waals surface area contributed by atoms with Gasteiger partial charge in [0.15, 0.2) is 28.5 Å². The summed E-state index contributed by atoms with van der Waals surface area (Å²) in [7, 11) is 4.41. The van der Waals surface area contributed by atoms with Crippen LogP contribution in [0, 0.1) is 13.8 Å². The molecule has 59 heavy (non-hydrogen) atoms. The fourth-order valence-corrected chi connectivity index (χ4v) is 12.7. The average Bonchev–Trinajstić information content (AvgIpc) is 3.86. The molecule has 2 bridgehead atoms. The number of carbonyl (C=O) groups is 2. The number of likely N-dealkylation sites (N-methyl/N-ethyl adjacent to an activating group) is 1. The third-order valence-corrected chi connectivity index (χ3v) is 14.9. The Bertz CT molecular complexity index is 2400. The number of thioether (sulfide) groups is 1. The first kappa shape index (κ1) is 40.5. The molecule has 0 aliphatic carbocycles. The number of hydrogen-bond acceptors (Lipinski definition) is 16. The highest BCUT2D eigenvalue weighted by atomic mass is 32.7. The van der Waals surface area contributed by atoms with Gasteiger partial charge in [0.2, 0.25) is 14.4 Å². The van der Waals surface area contributed by atoms with Crippen LogP contribution in [-0.4, -0.2) is 103 Å². The van der Waals surface area contributed by atoms with E-state index in [1.807, 2.05) is 45.2 Å². The minimum atomic E-state index is -2.13. The Morgan fingerprint density at radius 3 is 2.58 bits per heavy atom. The van der Waals surface area contributed by atoms with Crippen LogP contribution in [0.25, 0.3) is 10.9 Å². The van der Waals surface area contributed by atoms with Gasteiger partial charge in [-0.05, 0) is 68.6 Å². The summed E-state index contributed by atoms with van der Waals surface area (Å²) in [5.74, 6) is 1.67. The molecule has 4 N–H and O–H groups in total. The molecule has 314 valence electrons. The number of fused-ring (bicyclic) bond motifs is 12. The Morgan fingerprint density at radius 2 is 1.86 bits per heavy atom. The van der Waals surface area contributed by atoms with E-state index in [-0.39, 0.29) is 30.9 Å². The molecule has 0 amide bonds. The van der Waals surface area contributed by atoms with Gasteiger partial charge in [0.1, 0.15) is 17.7 Å². The fraction of sp³-hybridized carbons (Fsp3) is 0.463. The molecule has 15 nitrogen and oxygen atoms in total. The molecule has 0 radical (unpaired) electrons. The van der Waals surface area contributed by atoms with Crippen LogP contribution >= 0.6 is 31.6 Å². The number of aromatic nitrogens is 1. The summed E-state index contributed by atoms with van der Waals surface area (Å²) in [5.41, 5.74) is 5.67. The van der Waals surface area contributed by atoms with Gasteiger partial charge in [0.25, 0.3) is 0 Å². The van der Waals surface area contributed by atoms with Crippen LogP contribution in [0.4, 0.5) is 0 Å². The number of H-pyrrole nitrogens is 1. The van der Waals surface area contributed by atoms with Gasteiger partial charge in [-0.15, -0.1) is 11.8 Å². The number of thiol groups is 1. The first-order valence-corrected chi connectivity index (χ1v) is 22.7. The summed E-state index contributed by atoms with van der Waals surface area (Å²) in [6.45, 7) is 5.83. The van der Waals surface area contributed by atoms with Crippen LogP contribution in [0.5, 0.6) is 34.5 Å². The second kappa shape index (κ2) is 15.2. The van der Waals surface area contributed by atoms with Crippen LogP contribution in [0.1, 0.15) is 62.9 Å². The molecule has 5 aliphatic heterocycles. The summed E-state index contributed by atoms with van der Waals surface area (Å²) in [6, 6.07) is 6.57. The van der Waals surface area contributed by atoms with Gasteiger partial charge in [-0.25, -0.2) is 4.79 Å². The summed E-state index contributed by atoms with van der Waals surface area (Å²) in [5, 5.41) is 16.0. The van der Waals surface area contributed by atoms with E-state index in [0.29, 0.717) is 70.5 Å². The molecule has 1 saturated heterocycles. The lowest BCUT2D eigenvalue weighted by Gasteiger charge is -2.60. The first-order valence-electron chi connectivity index (χ1n) is 19.3. The number of phenols is 1. The van der Waals surface area contributed by atoms with E-state index in [0.717, 1.165) is 33.2 Å². The number of benzene rings is 3. The molecular weight excluding hydrogens is 820 g/mol. The standard InChI is InChI=1S/C41H47N4O11PS2/c1-18-12-21-13-27-39(56-57(49)58)45-15-25-29(34(55-20(3)46)19(2)35-36(25)54-17-53-35)37(31(45)30(44(27)4)28(21)32(47)33(18)51-6)59-16-41(40(48)52-7)38-23(10-11-42-41)24-14-22(50-5)8-9-26(24)43-38/h8-9,12,14,27,30-31,37,39,42-43,47,49,58H,10-11,13,15-17H2,1-7H3/t27-,30+,31?,37+,39?,41+,57?/m0/s1. The maximum Gasteiger partial charge on any atom is 0.333 e. The third-order valence-electron chi connectivity index (χ3n) is 12.7. The van der Waals surface area contributed by atoms with E-state index in [1.165, 1.54) is 25.8 Å². The van der Waals surface area contributed by atoms with Crippen molar-refractivity contribution < 1.29 is 52.5 Å². The first-order chi connectivity index (χ1) is 28.3. The highest BCUT2D eigenvalue weighted by molar-refractivity contribution is 8.41. The molecular formula is C41H47N4O11PS2. The van der Waals surface area contributed by atoms with E-state index in [2.05, 4.69) is 32.3 Å². The number of aromatic hydroxyl groups is 1.